The van der Waals surface area contributed by atoms with Crippen molar-refractivity contribution < 1.29 is 4.74 Å². The second-order valence-electron chi connectivity index (χ2n) is 8.07. The third-order valence-corrected chi connectivity index (χ3v) is 6.51. The summed E-state index contributed by atoms with van der Waals surface area (Å²) in [5.74, 6) is -0.0899. The van der Waals surface area contributed by atoms with Crippen LogP contribution in [0.5, 0.6) is 0 Å². The minimum absolute atomic E-state index is 0.0899. The molecule has 4 fully saturated rings. The molecule has 5 nitrogen and oxygen atoms in total. The summed E-state index contributed by atoms with van der Waals surface area (Å²) < 4.78 is 6.51. The molecule has 0 radical (unpaired) electrons. The molecule has 4 heterocycles. The predicted molar refractivity (Wildman–Crippen MR) is 96.7 cm³/mol. The van der Waals surface area contributed by atoms with Gasteiger partial charge in [-0.1, -0.05) is 19.3 Å². The van der Waals surface area contributed by atoms with Crippen molar-refractivity contribution in [2.75, 3.05) is 52.4 Å². The number of rotatable bonds is 3. The van der Waals surface area contributed by atoms with E-state index >= 15 is 0 Å². The molecule has 0 spiro atoms. The smallest absolute Gasteiger partial charge is 0.170 e. The van der Waals surface area contributed by atoms with E-state index in [1.165, 1.54) is 97.1 Å². The van der Waals surface area contributed by atoms with E-state index in [2.05, 4.69) is 20.0 Å². The molecule has 4 aliphatic heterocycles. The van der Waals surface area contributed by atoms with E-state index in [9.17, 15) is 0 Å². The van der Waals surface area contributed by atoms with Gasteiger partial charge in [-0.2, -0.15) is 0 Å². The molecule has 4 saturated heterocycles. The van der Waals surface area contributed by atoms with Crippen LogP contribution in [0.4, 0.5) is 0 Å². The van der Waals surface area contributed by atoms with Gasteiger partial charge >= 0.3 is 0 Å². The van der Waals surface area contributed by atoms with Gasteiger partial charge in [-0.25, -0.2) is 0 Å². The van der Waals surface area contributed by atoms with Gasteiger partial charge in [-0.05, 0) is 38.5 Å². The van der Waals surface area contributed by atoms with Crippen LogP contribution in [0, 0.1) is 0 Å². The molecule has 0 amide bonds. The lowest BCUT2D eigenvalue weighted by Crippen LogP contribution is -2.80. The average Bonchev–Trinajstić information content (AvgIpc) is 3.04. The molecule has 0 aliphatic carbocycles. The second-order valence-corrected chi connectivity index (χ2v) is 8.07. The zero-order valence-electron chi connectivity index (χ0n) is 15.3. The van der Waals surface area contributed by atoms with E-state index in [0.717, 1.165) is 13.2 Å². The first-order valence-corrected chi connectivity index (χ1v) is 10.5. The molecule has 0 bridgehead atoms. The normalized spacial score (nSPS) is 38.2. The first kappa shape index (κ1) is 17.2. The van der Waals surface area contributed by atoms with Gasteiger partial charge in [0.25, 0.3) is 0 Å². The van der Waals surface area contributed by atoms with Gasteiger partial charge in [0, 0.05) is 45.8 Å². The fourth-order valence-electron chi connectivity index (χ4n) is 5.33. The maximum absolute atomic E-state index is 6.51. The Morgan fingerprint density at radius 1 is 0.667 bits per heavy atom. The summed E-state index contributed by atoms with van der Waals surface area (Å²) in [5.41, 5.74) is 0. The fourth-order valence-corrected chi connectivity index (χ4v) is 5.33. The standard InChI is InChI=1S/C19H36N4O/c1-2-5-14-22(13-4-1)19(23-15-6-3-7-16-23)18(24-17-10-20-19)21-11-8-9-12-21/h18,20H,1-17H2. The molecule has 24 heavy (non-hydrogen) atoms. The van der Waals surface area contributed by atoms with Crippen LogP contribution in [-0.4, -0.2) is 79.1 Å². The van der Waals surface area contributed by atoms with Crippen LogP contribution >= 0.6 is 0 Å². The summed E-state index contributed by atoms with van der Waals surface area (Å²) in [7, 11) is 0. The van der Waals surface area contributed by atoms with Gasteiger partial charge < -0.3 is 4.74 Å². The summed E-state index contributed by atoms with van der Waals surface area (Å²) in [6.45, 7) is 9.12. The lowest BCUT2D eigenvalue weighted by Gasteiger charge is -2.59. The molecule has 4 aliphatic rings. The van der Waals surface area contributed by atoms with Crippen molar-refractivity contribution in [2.24, 2.45) is 0 Å². The highest BCUT2D eigenvalue weighted by Crippen LogP contribution is 2.34. The number of hydrogen-bond acceptors (Lipinski definition) is 5. The molecule has 0 aromatic heterocycles. The van der Waals surface area contributed by atoms with E-state index in [4.69, 9.17) is 4.74 Å². The largest absolute Gasteiger partial charge is 0.357 e. The van der Waals surface area contributed by atoms with E-state index in [0.29, 0.717) is 0 Å². The molecule has 0 aromatic carbocycles. The monoisotopic (exact) mass is 336 g/mol. The Morgan fingerprint density at radius 2 is 1.17 bits per heavy atom. The van der Waals surface area contributed by atoms with E-state index in [1.807, 2.05) is 0 Å². The molecule has 4 rings (SSSR count). The van der Waals surface area contributed by atoms with Crippen molar-refractivity contribution in [2.45, 2.75) is 69.8 Å². The highest BCUT2D eigenvalue weighted by molar-refractivity contribution is 4.99. The summed E-state index contributed by atoms with van der Waals surface area (Å²) in [6.07, 6.45) is 12.4. The predicted octanol–water partition coefficient (Wildman–Crippen LogP) is 2.04. The van der Waals surface area contributed by atoms with Crippen molar-refractivity contribution in [1.82, 2.24) is 20.0 Å². The number of nitrogens with one attached hydrogen (secondary N) is 1. The van der Waals surface area contributed by atoms with Crippen LogP contribution < -0.4 is 5.32 Å². The Bertz CT molecular complexity index is 387. The Kier molecular flexibility index (Phi) is 5.74. The second kappa shape index (κ2) is 8.00. The molecule has 0 aromatic rings. The molecular formula is C19H36N4O. The van der Waals surface area contributed by atoms with Gasteiger partial charge in [0.05, 0.1) is 6.61 Å². The average molecular weight is 337 g/mol. The highest BCUT2D eigenvalue weighted by Gasteiger charge is 2.53. The van der Waals surface area contributed by atoms with Crippen LogP contribution in [0.25, 0.3) is 0 Å². The van der Waals surface area contributed by atoms with Crippen LogP contribution in [-0.2, 0) is 4.74 Å². The van der Waals surface area contributed by atoms with Crippen molar-refractivity contribution in [1.29, 1.82) is 0 Å². The summed E-state index contributed by atoms with van der Waals surface area (Å²) >= 11 is 0. The van der Waals surface area contributed by atoms with E-state index in [1.54, 1.807) is 0 Å². The number of ether oxygens (including phenoxy) is 1. The molecule has 1 N–H and O–H groups in total. The van der Waals surface area contributed by atoms with Crippen LogP contribution in [0.3, 0.4) is 0 Å². The van der Waals surface area contributed by atoms with Crippen molar-refractivity contribution in [3.63, 3.8) is 0 Å². The van der Waals surface area contributed by atoms with Crippen LogP contribution in [0.15, 0.2) is 0 Å². The van der Waals surface area contributed by atoms with Gasteiger partial charge in [0.15, 0.2) is 12.0 Å². The third-order valence-electron chi connectivity index (χ3n) is 6.51. The number of morpholine rings is 1. The number of hydrogen-bond donors (Lipinski definition) is 1. The maximum Gasteiger partial charge on any atom is 0.170 e. The maximum atomic E-state index is 6.51. The molecule has 5 heteroatoms. The minimum atomic E-state index is -0.0899. The van der Waals surface area contributed by atoms with Crippen LogP contribution in [0.1, 0.15) is 57.8 Å². The van der Waals surface area contributed by atoms with Crippen molar-refractivity contribution in [3.05, 3.63) is 0 Å². The zero-order chi connectivity index (χ0) is 16.2. The lowest BCUT2D eigenvalue weighted by molar-refractivity contribution is -0.247. The van der Waals surface area contributed by atoms with Gasteiger partial charge in [0.2, 0.25) is 0 Å². The summed E-state index contributed by atoms with van der Waals surface area (Å²) in [4.78, 5) is 8.16. The molecule has 0 saturated carbocycles. The third kappa shape index (κ3) is 3.26. The Morgan fingerprint density at radius 3 is 1.75 bits per heavy atom. The number of piperidine rings is 1. The minimum Gasteiger partial charge on any atom is -0.357 e. The van der Waals surface area contributed by atoms with Gasteiger partial charge in [-0.3, -0.25) is 20.0 Å². The van der Waals surface area contributed by atoms with Crippen molar-refractivity contribution >= 4 is 0 Å². The first-order valence-electron chi connectivity index (χ1n) is 10.5. The number of likely N-dealkylation sites (tertiary alicyclic amines) is 3. The highest BCUT2D eigenvalue weighted by atomic mass is 16.5. The molecule has 2 atom stereocenters. The van der Waals surface area contributed by atoms with Crippen molar-refractivity contribution in [3.8, 4) is 0 Å². The van der Waals surface area contributed by atoms with E-state index < -0.39 is 0 Å². The fraction of sp³-hybridized carbons (Fsp3) is 1.00. The number of nitrogens with zero attached hydrogens (tertiary/aromatic N) is 3. The quantitative estimate of drug-likeness (QED) is 0.852. The summed E-state index contributed by atoms with van der Waals surface area (Å²) in [5, 5.41) is 4.01. The zero-order valence-corrected chi connectivity index (χ0v) is 15.3. The first-order chi connectivity index (χ1) is 11.9. The molecule has 138 valence electrons. The summed E-state index contributed by atoms with van der Waals surface area (Å²) in [6, 6.07) is 0. The Balaban J connectivity index is 1.66. The molecule has 2 unspecified atom stereocenters. The SMILES string of the molecule is C1CCCN(C2(N3CCCCC3)NCCOC2N2CCCC2)CC1. The molecular weight excluding hydrogens is 300 g/mol. The van der Waals surface area contributed by atoms with Crippen LogP contribution in [0.2, 0.25) is 0 Å². The Labute approximate surface area is 147 Å². The van der Waals surface area contributed by atoms with E-state index in [-0.39, 0.29) is 12.0 Å². The van der Waals surface area contributed by atoms with Gasteiger partial charge in [0.1, 0.15) is 0 Å². The topological polar surface area (TPSA) is 31.0 Å². The Hall–Kier alpha value is -0.200. The van der Waals surface area contributed by atoms with Gasteiger partial charge in [-0.15, -0.1) is 0 Å². The lowest BCUT2D eigenvalue weighted by atomic mass is 10.0.